The Morgan fingerprint density at radius 1 is 0.964 bits per heavy atom. The van der Waals surface area contributed by atoms with E-state index in [0.717, 1.165) is 54.6 Å². The SMILES string of the molecule is CCCCc1oc2ccccc2c1CN(C)C(=O)CCCC(=O)N(CC)CC. The molecule has 0 aliphatic carbocycles. The Kier molecular flexibility index (Phi) is 8.55. The van der Waals surface area contributed by atoms with Gasteiger partial charge in [-0.2, -0.15) is 0 Å². The lowest BCUT2D eigenvalue weighted by atomic mass is 10.1. The van der Waals surface area contributed by atoms with E-state index in [1.165, 1.54) is 0 Å². The van der Waals surface area contributed by atoms with Crippen LogP contribution >= 0.6 is 0 Å². The molecule has 0 N–H and O–H groups in total. The molecule has 0 aliphatic rings. The number of carbonyl (C=O) groups is 2. The second-order valence-electron chi connectivity index (χ2n) is 7.27. The van der Waals surface area contributed by atoms with Crippen LogP contribution in [0.3, 0.4) is 0 Å². The number of unbranched alkanes of at least 4 members (excludes halogenated alkanes) is 1. The van der Waals surface area contributed by atoms with E-state index >= 15 is 0 Å². The van der Waals surface area contributed by atoms with E-state index in [0.29, 0.717) is 25.8 Å². The number of carbonyl (C=O) groups excluding carboxylic acids is 2. The molecule has 2 aromatic rings. The predicted octanol–water partition coefficient (Wildman–Crippen LogP) is 4.77. The van der Waals surface area contributed by atoms with Gasteiger partial charge in [-0.15, -0.1) is 0 Å². The summed E-state index contributed by atoms with van der Waals surface area (Å²) in [5, 5.41) is 1.09. The van der Waals surface area contributed by atoms with Crippen molar-refractivity contribution in [2.45, 2.75) is 65.8 Å². The predicted molar refractivity (Wildman–Crippen MR) is 113 cm³/mol. The third-order valence-corrected chi connectivity index (χ3v) is 5.26. The van der Waals surface area contributed by atoms with Gasteiger partial charge in [0.25, 0.3) is 0 Å². The van der Waals surface area contributed by atoms with Crippen LogP contribution in [0.5, 0.6) is 0 Å². The number of furan rings is 1. The van der Waals surface area contributed by atoms with Gasteiger partial charge in [-0.1, -0.05) is 31.5 Å². The van der Waals surface area contributed by atoms with E-state index in [-0.39, 0.29) is 11.8 Å². The summed E-state index contributed by atoms with van der Waals surface area (Å²) >= 11 is 0. The van der Waals surface area contributed by atoms with Crippen LogP contribution in [0.2, 0.25) is 0 Å². The molecule has 0 atom stereocenters. The summed E-state index contributed by atoms with van der Waals surface area (Å²) in [5.41, 5.74) is 1.99. The first-order valence-electron chi connectivity index (χ1n) is 10.5. The molecule has 1 heterocycles. The molecule has 0 saturated heterocycles. The van der Waals surface area contributed by atoms with Gasteiger partial charge < -0.3 is 14.2 Å². The summed E-state index contributed by atoms with van der Waals surface area (Å²) < 4.78 is 6.06. The normalized spacial score (nSPS) is 11.0. The van der Waals surface area contributed by atoms with Crippen LogP contribution in [-0.2, 0) is 22.6 Å². The Hall–Kier alpha value is -2.30. The van der Waals surface area contributed by atoms with E-state index in [1.807, 2.05) is 44.0 Å². The molecule has 1 aromatic heterocycles. The fourth-order valence-corrected chi connectivity index (χ4v) is 3.50. The maximum Gasteiger partial charge on any atom is 0.222 e. The van der Waals surface area contributed by atoms with Gasteiger partial charge in [0, 0.05) is 56.9 Å². The van der Waals surface area contributed by atoms with E-state index in [4.69, 9.17) is 4.42 Å². The van der Waals surface area contributed by atoms with Crippen LogP contribution in [-0.4, -0.2) is 41.8 Å². The Morgan fingerprint density at radius 2 is 1.64 bits per heavy atom. The minimum absolute atomic E-state index is 0.0686. The zero-order valence-corrected chi connectivity index (χ0v) is 17.8. The van der Waals surface area contributed by atoms with E-state index in [9.17, 15) is 9.59 Å². The number of benzene rings is 1. The summed E-state index contributed by atoms with van der Waals surface area (Å²) in [5.74, 6) is 1.18. The molecule has 0 radical (unpaired) electrons. The molecule has 0 fully saturated rings. The fourth-order valence-electron chi connectivity index (χ4n) is 3.50. The number of nitrogens with zero attached hydrogens (tertiary/aromatic N) is 2. The van der Waals surface area contributed by atoms with Gasteiger partial charge in [0.1, 0.15) is 11.3 Å². The molecule has 5 nitrogen and oxygen atoms in total. The minimum Gasteiger partial charge on any atom is -0.461 e. The van der Waals surface area contributed by atoms with Crippen LogP contribution in [0.15, 0.2) is 28.7 Å². The summed E-state index contributed by atoms with van der Waals surface area (Å²) in [6, 6.07) is 8.02. The molecule has 0 unspecified atom stereocenters. The van der Waals surface area contributed by atoms with Crippen molar-refractivity contribution >= 4 is 22.8 Å². The first kappa shape index (κ1) is 22.0. The third-order valence-electron chi connectivity index (χ3n) is 5.26. The highest BCUT2D eigenvalue weighted by atomic mass is 16.3. The van der Waals surface area contributed by atoms with Gasteiger partial charge in [-0.3, -0.25) is 9.59 Å². The van der Waals surface area contributed by atoms with Crippen molar-refractivity contribution in [3.63, 3.8) is 0 Å². The number of fused-ring (bicyclic) bond motifs is 1. The third kappa shape index (κ3) is 5.60. The van der Waals surface area contributed by atoms with Crippen LogP contribution in [0.25, 0.3) is 11.0 Å². The average Bonchev–Trinajstić information content (AvgIpc) is 3.04. The highest BCUT2D eigenvalue weighted by Gasteiger charge is 2.18. The second kappa shape index (κ2) is 10.9. The lowest BCUT2D eigenvalue weighted by Gasteiger charge is -2.20. The first-order valence-corrected chi connectivity index (χ1v) is 10.5. The Labute approximate surface area is 168 Å². The Bertz CT molecular complexity index is 777. The maximum absolute atomic E-state index is 12.6. The van der Waals surface area contributed by atoms with Crippen LogP contribution < -0.4 is 0 Å². The number of aryl methyl sites for hydroxylation is 1. The standard InChI is InChI=1S/C23H34N2O3/c1-5-8-13-21-19(18-12-9-10-14-20(18)28-21)17-24(4)22(26)15-11-16-23(27)25(6-2)7-3/h9-10,12,14H,5-8,11,13,15-17H2,1-4H3. The smallest absolute Gasteiger partial charge is 0.222 e. The molecule has 1 aromatic carbocycles. The lowest BCUT2D eigenvalue weighted by Crippen LogP contribution is -2.31. The van der Waals surface area contributed by atoms with Gasteiger partial charge in [0.15, 0.2) is 0 Å². The molecule has 0 bridgehead atoms. The number of amides is 2. The zero-order chi connectivity index (χ0) is 20.5. The highest BCUT2D eigenvalue weighted by Crippen LogP contribution is 2.28. The zero-order valence-electron chi connectivity index (χ0n) is 17.8. The number of hydrogen-bond donors (Lipinski definition) is 0. The highest BCUT2D eigenvalue weighted by molar-refractivity contribution is 5.83. The van der Waals surface area contributed by atoms with Crippen molar-refractivity contribution in [2.24, 2.45) is 0 Å². The molecule has 2 amide bonds. The summed E-state index contributed by atoms with van der Waals surface area (Å²) in [6.07, 6.45) is 4.47. The van der Waals surface area contributed by atoms with Gasteiger partial charge >= 0.3 is 0 Å². The Balaban J connectivity index is 1.98. The van der Waals surface area contributed by atoms with Crippen molar-refractivity contribution in [2.75, 3.05) is 20.1 Å². The molecule has 28 heavy (non-hydrogen) atoms. The number of para-hydroxylation sites is 1. The quantitative estimate of drug-likeness (QED) is 0.559. The van der Waals surface area contributed by atoms with Gasteiger partial charge in [0.05, 0.1) is 0 Å². The monoisotopic (exact) mass is 386 g/mol. The van der Waals surface area contributed by atoms with Crippen LogP contribution in [0, 0.1) is 0 Å². The van der Waals surface area contributed by atoms with Crippen molar-refractivity contribution in [1.82, 2.24) is 9.80 Å². The molecule has 2 rings (SSSR count). The largest absolute Gasteiger partial charge is 0.461 e. The van der Waals surface area contributed by atoms with Gasteiger partial charge in [0.2, 0.25) is 11.8 Å². The van der Waals surface area contributed by atoms with Gasteiger partial charge in [-0.25, -0.2) is 0 Å². The summed E-state index contributed by atoms with van der Waals surface area (Å²) in [7, 11) is 1.83. The van der Waals surface area contributed by atoms with Crippen LogP contribution in [0.4, 0.5) is 0 Å². The summed E-state index contributed by atoms with van der Waals surface area (Å²) in [6.45, 7) is 8.10. The van der Waals surface area contributed by atoms with Crippen molar-refractivity contribution < 1.29 is 14.0 Å². The number of hydrogen-bond acceptors (Lipinski definition) is 3. The molecule has 0 aliphatic heterocycles. The Morgan fingerprint density at radius 3 is 2.32 bits per heavy atom. The fraction of sp³-hybridized carbons (Fsp3) is 0.565. The van der Waals surface area contributed by atoms with Crippen LogP contribution in [0.1, 0.15) is 64.2 Å². The minimum atomic E-state index is 0.0686. The van der Waals surface area contributed by atoms with Crippen molar-refractivity contribution in [1.29, 1.82) is 0 Å². The first-order chi connectivity index (χ1) is 13.5. The molecule has 0 spiro atoms. The molecular formula is C23H34N2O3. The van der Waals surface area contributed by atoms with Crippen molar-refractivity contribution in [3.8, 4) is 0 Å². The molecule has 5 heteroatoms. The van der Waals surface area contributed by atoms with E-state index < -0.39 is 0 Å². The molecule has 154 valence electrons. The van der Waals surface area contributed by atoms with Gasteiger partial charge in [-0.05, 0) is 32.8 Å². The maximum atomic E-state index is 12.6. The summed E-state index contributed by atoms with van der Waals surface area (Å²) in [4.78, 5) is 28.3. The topological polar surface area (TPSA) is 53.8 Å². The lowest BCUT2D eigenvalue weighted by molar-refractivity contribution is -0.132. The average molecular weight is 387 g/mol. The van der Waals surface area contributed by atoms with E-state index in [1.54, 1.807) is 4.90 Å². The molecular weight excluding hydrogens is 352 g/mol. The second-order valence-corrected chi connectivity index (χ2v) is 7.27. The molecule has 0 saturated carbocycles. The van der Waals surface area contributed by atoms with E-state index in [2.05, 4.69) is 13.0 Å². The van der Waals surface area contributed by atoms with Crippen molar-refractivity contribution in [3.05, 3.63) is 35.6 Å². The number of rotatable bonds is 11.